The summed E-state index contributed by atoms with van der Waals surface area (Å²) in [6, 6.07) is 1.54. The number of carbonyl (C=O) groups is 2. The lowest BCUT2D eigenvalue weighted by Gasteiger charge is -2.06. The number of aryl methyl sites for hydroxylation is 4. The Kier molecular flexibility index (Phi) is 7.73. The number of hydrogen-bond acceptors (Lipinski definition) is 16. The van der Waals surface area contributed by atoms with Gasteiger partial charge in [0.2, 0.25) is 0 Å². The van der Waals surface area contributed by atoms with Crippen LogP contribution in [0.5, 0.6) is 0 Å². The highest BCUT2D eigenvalue weighted by molar-refractivity contribution is 6.01. The Bertz CT molecular complexity index is 1820. The second-order valence-corrected chi connectivity index (χ2v) is 9.23. The average molecular weight is 603 g/mol. The van der Waals surface area contributed by atoms with E-state index in [2.05, 4.69) is 61.0 Å². The molecule has 0 fully saturated rings. The zero-order valence-electron chi connectivity index (χ0n) is 24.1. The zero-order chi connectivity index (χ0) is 31.7. The number of hydrogen-bond donors (Lipinski definition) is 5. The number of carbonyl (C=O) groups excluding carboxylic acids is 2. The molecule has 0 saturated carbocycles. The molecule has 5 rings (SSSR count). The normalized spacial score (nSPS) is 11.7. The van der Waals surface area contributed by atoms with Crippen LogP contribution in [0.1, 0.15) is 43.5 Å². The van der Waals surface area contributed by atoms with Crippen LogP contribution in [0.15, 0.2) is 32.9 Å². The molecule has 0 saturated heterocycles. The number of methoxy groups -OCH3 is 1. The lowest BCUT2D eigenvalue weighted by Crippen LogP contribution is -2.09. The van der Waals surface area contributed by atoms with Crippen molar-refractivity contribution in [1.29, 1.82) is 0 Å². The third kappa shape index (κ3) is 5.15. The van der Waals surface area contributed by atoms with Crippen molar-refractivity contribution in [1.82, 2.24) is 49.9 Å². The van der Waals surface area contributed by atoms with E-state index in [0.29, 0.717) is 22.8 Å². The van der Waals surface area contributed by atoms with E-state index >= 15 is 0 Å². The lowest BCUT2D eigenvalue weighted by atomic mass is 10.1. The van der Waals surface area contributed by atoms with Crippen molar-refractivity contribution < 1.29 is 19.4 Å². The van der Waals surface area contributed by atoms with E-state index in [1.54, 1.807) is 27.7 Å². The first kappa shape index (κ1) is 29.3. The van der Waals surface area contributed by atoms with Crippen LogP contribution >= 0.6 is 0 Å². The molecule has 0 aromatic carbocycles. The fourth-order valence-electron chi connectivity index (χ4n) is 4.18. The number of H-pyrrole nitrogens is 2. The molecule has 7 N–H and O–H groups in total. The van der Waals surface area contributed by atoms with Crippen molar-refractivity contribution in [2.45, 2.75) is 27.7 Å². The monoisotopic (exact) mass is 602 g/mol. The number of esters is 1. The molecule has 0 unspecified atom stereocenters. The second kappa shape index (κ2) is 11.6. The summed E-state index contributed by atoms with van der Waals surface area (Å²) in [6.07, 6.45) is 1.27. The summed E-state index contributed by atoms with van der Waals surface area (Å²) >= 11 is 0. The van der Waals surface area contributed by atoms with Crippen LogP contribution in [0.2, 0.25) is 0 Å². The van der Waals surface area contributed by atoms with Gasteiger partial charge in [0, 0.05) is 6.07 Å². The number of ketones is 1. The van der Waals surface area contributed by atoms with Crippen molar-refractivity contribution in [3.05, 3.63) is 46.3 Å². The molecule has 5 heterocycles. The Morgan fingerprint density at radius 3 is 1.77 bits per heavy atom. The van der Waals surface area contributed by atoms with E-state index in [1.165, 1.54) is 28.9 Å². The Labute approximate surface area is 247 Å². The van der Waals surface area contributed by atoms with Crippen LogP contribution in [-0.2, 0) is 4.74 Å². The summed E-state index contributed by atoms with van der Waals surface area (Å²) in [7, 11) is 1.25. The molecule has 0 bridgehead atoms. The van der Waals surface area contributed by atoms with Crippen LogP contribution in [0.3, 0.4) is 0 Å². The molecule has 0 aliphatic heterocycles. The van der Waals surface area contributed by atoms with Crippen LogP contribution in [0.4, 0.5) is 34.6 Å². The number of ether oxygens (including phenoxy) is 1. The molecule has 0 aliphatic carbocycles. The van der Waals surface area contributed by atoms with Gasteiger partial charge in [-0.05, 0) is 27.7 Å². The number of nitrogens with zero attached hydrogens (tertiary/aromatic N) is 12. The fourth-order valence-corrected chi connectivity index (χ4v) is 4.18. The van der Waals surface area contributed by atoms with Crippen molar-refractivity contribution in [2.75, 3.05) is 25.2 Å². The van der Waals surface area contributed by atoms with Gasteiger partial charge in [-0.1, -0.05) is 0 Å². The van der Waals surface area contributed by atoms with Gasteiger partial charge in [0.05, 0.1) is 35.4 Å². The molecule has 0 radical (unpaired) electrons. The van der Waals surface area contributed by atoms with E-state index in [9.17, 15) is 14.7 Å². The maximum Gasteiger partial charge on any atom is 0.343 e. The van der Waals surface area contributed by atoms with Gasteiger partial charge in [-0.3, -0.25) is 15.0 Å². The molecule has 5 aromatic heterocycles. The van der Waals surface area contributed by atoms with Crippen molar-refractivity contribution in [3.8, 4) is 11.6 Å². The van der Waals surface area contributed by atoms with Gasteiger partial charge in [0.15, 0.2) is 52.1 Å². The molecule has 0 spiro atoms. The Morgan fingerprint density at radius 1 is 0.818 bits per heavy atom. The molecule has 5 aromatic rings. The summed E-state index contributed by atoms with van der Waals surface area (Å²) in [5.41, 5.74) is 15.0. The first-order valence-electron chi connectivity index (χ1n) is 12.7. The minimum Gasteiger partial charge on any atom is -0.465 e. The summed E-state index contributed by atoms with van der Waals surface area (Å²) < 4.78 is 7.45. The largest absolute Gasteiger partial charge is 0.465 e. The number of aromatic nitrogens is 10. The van der Waals surface area contributed by atoms with Gasteiger partial charge in [0.25, 0.3) is 0 Å². The van der Waals surface area contributed by atoms with Crippen LogP contribution < -0.4 is 11.5 Å². The van der Waals surface area contributed by atoms with E-state index in [0.717, 1.165) is 0 Å². The van der Waals surface area contributed by atoms with E-state index in [4.69, 9.17) is 16.2 Å². The minimum atomic E-state index is -0.705. The number of rotatable bonds is 9. The number of anilines is 2. The number of aromatic amines is 2. The highest BCUT2D eigenvalue weighted by Gasteiger charge is 2.22. The zero-order valence-corrected chi connectivity index (χ0v) is 24.1. The average Bonchev–Trinajstić information content (AvgIpc) is 3.73. The summed E-state index contributed by atoms with van der Waals surface area (Å²) in [5, 5.41) is 47.8. The van der Waals surface area contributed by atoms with Crippen LogP contribution in [0.25, 0.3) is 11.6 Å². The highest BCUT2D eigenvalue weighted by atomic mass is 16.5. The Morgan fingerprint density at radius 2 is 1.30 bits per heavy atom. The third-order valence-electron chi connectivity index (χ3n) is 6.37. The topological polar surface area (TPSA) is 284 Å². The Balaban J connectivity index is 1.46. The van der Waals surface area contributed by atoms with Gasteiger partial charge < -0.3 is 21.3 Å². The second-order valence-electron chi connectivity index (χ2n) is 9.23. The summed E-state index contributed by atoms with van der Waals surface area (Å²) in [6.45, 7) is 5.87. The van der Waals surface area contributed by atoms with Crippen molar-refractivity contribution in [2.24, 2.45) is 20.5 Å². The highest BCUT2D eigenvalue weighted by Crippen LogP contribution is 2.33. The number of azo groups is 2. The molecule has 44 heavy (non-hydrogen) atoms. The first-order chi connectivity index (χ1) is 21.0. The maximum atomic E-state index is 12.1. The van der Waals surface area contributed by atoms with E-state index in [-0.39, 0.29) is 57.4 Å². The number of aliphatic hydroxyl groups is 1. The number of Topliss-reactive ketones (excluding diaryl/α,β-unsaturated/α-hetero) is 1. The molecule has 20 nitrogen and oxygen atoms in total. The molecular formula is C24H26N16O4. The maximum absolute atomic E-state index is 12.1. The van der Waals surface area contributed by atoms with Gasteiger partial charge in [-0.15, -0.1) is 20.5 Å². The summed E-state index contributed by atoms with van der Waals surface area (Å²) in [4.78, 5) is 32.7. The minimum absolute atomic E-state index is 0.0686. The van der Waals surface area contributed by atoms with Gasteiger partial charge >= 0.3 is 5.97 Å². The van der Waals surface area contributed by atoms with Gasteiger partial charge in [-0.25, -0.2) is 14.8 Å². The van der Waals surface area contributed by atoms with Crippen molar-refractivity contribution in [3.63, 3.8) is 0 Å². The van der Waals surface area contributed by atoms with E-state index < -0.39 is 18.4 Å². The number of nitrogen functional groups attached to an aromatic ring is 2. The quantitative estimate of drug-likeness (QED) is 0.0923. The smallest absolute Gasteiger partial charge is 0.343 e. The lowest BCUT2D eigenvalue weighted by molar-refractivity contribution is 0.0600. The molecule has 0 atom stereocenters. The summed E-state index contributed by atoms with van der Waals surface area (Å²) in [5.74, 6) is -0.279. The van der Waals surface area contributed by atoms with Gasteiger partial charge in [-0.2, -0.15) is 29.8 Å². The van der Waals surface area contributed by atoms with E-state index in [1.807, 2.05) is 0 Å². The number of aliphatic hydroxyl groups excluding tert-OH is 1. The number of nitrogens with two attached hydrogens (primary N) is 2. The molecular weight excluding hydrogens is 576 g/mol. The molecule has 20 heteroatoms. The van der Waals surface area contributed by atoms with Crippen LogP contribution in [0, 0.1) is 27.7 Å². The van der Waals surface area contributed by atoms with Crippen LogP contribution in [-0.4, -0.2) is 80.5 Å². The molecule has 0 aliphatic rings. The van der Waals surface area contributed by atoms with Crippen molar-refractivity contribution >= 4 is 46.4 Å². The first-order valence-corrected chi connectivity index (χ1v) is 12.7. The fraction of sp³-hybridized carbons (Fsp3) is 0.250. The SMILES string of the molecule is COC(=O)c1c(C)n[nH]c1N=Nc1c(C)nn(-c2cc(-n3nc(C)c(N=Nc4[nH]nc(C)c4C(=O)CO)c3N)ncn2)c1N. The predicted octanol–water partition coefficient (Wildman–Crippen LogP) is 2.48. The molecule has 0 amide bonds. The van der Waals surface area contributed by atoms with Gasteiger partial charge in [0.1, 0.15) is 18.5 Å². The molecule has 226 valence electrons. The Hall–Kier alpha value is -6.18. The number of nitrogens with one attached hydrogen (secondary N) is 2. The predicted molar refractivity (Wildman–Crippen MR) is 152 cm³/mol. The standard InChI is InChI=1S/C24H26N16O4/c1-9-16(13(42)7-41)22(33-29-9)35-31-18-11(3)37-39(20(18)25)14-6-15(28-8-27-14)40-21(26)19(12(4)38-40)32-36-23-17(24(43)44-5)10(2)30-34-23/h6,8,41H,7,25-26H2,1-5H3,(H,29,33)(H,30,34). The third-order valence-corrected chi connectivity index (χ3v) is 6.37.